The second kappa shape index (κ2) is 6.00. The molecule has 0 radical (unpaired) electrons. The van der Waals surface area contributed by atoms with Crippen LogP contribution in [0.1, 0.15) is 24.3 Å². The van der Waals surface area contributed by atoms with Crippen LogP contribution in [0.2, 0.25) is 0 Å². The zero-order chi connectivity index (χ0) is 14.8. The molecule has 0 aliphatic heterocycles. The van der Waals surface area contributed by atoms with Crippen LogP contribution in [-0.4, -0.2) is 6.54 Å². The summed E-state index contributed by atoms with van der Waals surface area (Å²) in [6.07, 6.45) is 0. The Morgan fingerprint density at radius 1 is 1.19 bits per heavy atom. The largest absolute Gasteiger partial charge is 0.458 e. The second-order valence-electron chi connectivity index (χ2n) is 4.85. The highest BCUT2D eigenvalue weighted by molar-refractivity contribution is 9.10. The van der Waals surface area contributed by atoms with Gasteiger partial charge in [-0.05, 0) is 52.3 Å². The van der Waals surface area contributed by atoms with Crippen molar-refractivity contribution in [3.8, 4) is 0 Å². The first-order chi connectivity index (χ1) is 10.2. The van der Waals surface area contributed by atoms with Crippen LogP contribution in [0.5, 0.6) is 0 Å². The van der Waals surface area contributed by atoms with Gasteiger partial charge < -0.3 is 9.73 Å². The van der Waals surface area contributed by atoms with E-state index in [1.54, 1.807) is 12.1 Å². The molecule has 3 rings (SSSR count). The maximum Gasteiger partial charge on any atom is 0.148 e. The first-order valence-corrected chi connectivity index (χ1v) is 7.65. The van der Waals surface area contributed by atoms with Gasteiger partial charge in [-0.2, -0.15) is 0 Å². The van der Waals surface area contributed by atoms with Crippen molar-refractivity contribution in [1.82, 2.24) is 5.32 Å². The van der Waals surface area contributed by atoms with Crippen LogP contribution in [0.15, 0.2) is 57.4 Å². The van der Waals surface area contributed by atoms with Crippen LogP contribution >= 0.6 is 15.9 Å². The Hall–Kier alpha value is -1.65. The number of furan rings is 1. The van der Waals surface area contributed by atoms with Gasteiger partial charge in [-0.1, -0.05) is 31.2 Å². The van der Waals surface area contributed by atoms with Crippen molar-refractivity contribution in [3.63, 3.8) is 0 Å². The Kier molecular flexibility index (Phi) is 4.08. The summed E-state index contributed by atoms with van der Waals surface area (Å²) >= 11 is 3.50. The highest BCUT2D eigenvalue weighted by Gasteiger charge is 2.18. The van der Waals surface area contributed by atoms with Crippen LogP contribution < -0.4 is 5.32 Å². The fourth-order valence-corrected chi connectivity index (χ4v) is 2.89. The number of benzene rings is 2. The minimum Gasteiger partial charge on any atom is -0.458 e. The van der Waals surface area contributed by atoms with Gasteiger partial charge in [0.05, 0.1) is 10.5 Å². The molecule has 0 bridgehead atoms. The van der Waals surface area contributed by atoms with Gasteiger partial charge >= 0.3 is 0 Å². The van der Waals surface area contributed by atoms with E-state index in [-0.39, 0.29) is 11.9 Å². The molecule has 0 amide bonds. The number of para-hydroxylation sites is 1. The molecule has 3 aromatic rings. The molecule has 1 heterocycles. The lowest BCUT2D eigenvalue weighted by molar-refractivity contribution is 0.476. The zero-order valence-corrected chi connectivity index (χ0v) is 13.2. The molecule has 2 nitrogen and oxygen atoms in total. The number of fused-ring (bicyclic) bond motifs is 1. The van der Waals surface area contributed by atoms with Crippen LogP contribution in [0.25, 0.3) is 11.0 Å². The maximum absolute atomic E-state index is 13.1. The molecule has 2 aromatic carbocycles. The van der Waals surface area contributed by atoms with E-state index >= 15 is 0 Å². The second-order valence-corrected chi connectivity index (χ2v) is 5.70. The lowest BCUT2D eigenvalue weighted by Crippen LogP contribution is -2.21. The Labute approximate surface area is 131 Å². The number of nitrogens with one attached hydrogen (secondary N) is 1. The van der Waals surface area contributed by atoms with Crippen molar-refractivity contribution >= 4 is 26.9 Å². The van der Waals surface area contributed by atoms with Crippen molar-refractivity contribution in [2.45, 2.75) is 13.0 Å². The quantitative estimate of drug-likeness (QED) is 0.715. The van der Waals surface area contributed by atoms with Gasteiger partial charge in [-0.3, -0.25) is 0 Å². The first-order valence-electron chi connectivity index (χ1n) is 6.86. The predicted molar refractivity (Wildman–Crippen MR) is 85.8 cm³/mol. The van der Waals surface area contributed by atoms with Crippen LogP contribution in [-0.2, 0) is 0 Å². The maximum atomic E-state index is 13.1. The number of halogens is 2. The van der Waals surface area contributed by atoms with E-state index in [4.69, 9.17) is 4.42 Å². The summed E-state index contributed by atoms with van der Waals surface area (Å²) < 4.78 is 20.0. The standard InChI is InChI=1S/C17H15BrFNO/c1-2-20-16(11-6-8-13(19)9-7-11)15-10-12-4-3-5-14(18)17(12)21-15/h3-10,16,20H,2H2,1H3. The SMILES string of the molecule is CCNC(c1ccc(F)cc1)c1cc2cccc(Br)c2o1. The van der Waals surface area contributed by atoms with Crippen molar-refractivity contribution in [2.75, 3.05) is 6.54 Å². The van der Waals surface area contributed by atoms with Crippen molar-refractivity contribution in [2.24, 2.45) is 0 Å². The average molecular weight is 348 g/mol. The monoisotopic (exact) mass is 347 g/mol. The van der Waals surface area contributed by atoms with E-state index in [0.29, 0.717) is 0 Å². The number of rotatable bonds is 4. The molecule has 108 valence electrons. The van der Waals surface area contributed by atoms with Gasteiger partial charge in [0.15, 0.2) is 0 Å². The summed E-state index contributed by atoms with van der Waals surface area (Å²) in [5, 5.41) is 4.43. The highest BCUT2D eigenvalue weighted by Crippen LogP contribution is 2.32. The fourth-order valence-electron chi connectivity index (χ4n) is 2.43. The van der Waals surface area contributed by atoms with Crippen LogP contribution in [0.3, 0.4) is 0 Å². The van der Waals surface area contributed by atoms with Gasteiger partial charge in [0.25, 0.3) is 0 Å². The Balaban J connectivity index is 2.06. The lowest BCUT2D eigenvalue weighted by Gasteiger charge is -2.15. The minimum atomic E-state index is -0.235. The van der Waals surface area contributed by atoms with E-state index in [0.717, 1.165) is 33.3 Å². The molecule has 1 aromatic heterocycles. The molecule has 0 spiro atoms. The summed E-state index contributed by atoms with van der Waals surface area (Å²) in [6.45, 7) is 2.83. The van der Waals surface area contributed by atoms with Crippen molar-refractivity contribution in [3.05, 3.63) is 70.1 Å². The molecule has 1 atom stereocenters. The van der Waals surface area contributed by atoms with Crippen LogP contribution in [0.4, 0.5) is 4.39 Å². The molecule has 1 unspecified atom stereocenters. The normalized spacial score (nSPS) is 12.7. The smallest absolute Gasteiger partial charge is 0.148 e. The molecule has 4 heteroatoms. The average Bonchev–Trinajstić information content (AvgIpc) is 2.91. The fraction of sp³-hybridized carbons (Fsp3) is 0.176. The van der Waals surface area contributed by atoms with Gasteiger partial charge in [-0.15, -0.1) is 0 Å². The summed E-state index contributed by atoms with van der Waals surface area (Å²) in [5.41, 5.74) is 1.81. The summed E-state index contributed by atoms with van der Waals surface area (Å²) in [5.74, 6) is 0.590. The van der Waals surface area contributed by atoms with Crippen molar-refractivity contribution < 1.29 is 8.81 Å². The van der Waals surface area contributed by atoms with E-state index < -0.39 is 0 Å². The zero-order valence-electron chi connectivity index (χ0n) is 11.6. The predicted octanol–water partition coefficient (Wildman–Crippen LogP) is 5.03. The van der Waals surface area contributed by atoms with E-state index in [2.05, 4.69) is 21.2 Å². The number of hydrogen-bond acceptors (Lipinski definition) is 2. The van der Waals surface area contributed by atoms with Gasteiger partial charge in [0, 0.05) is 5.39 Å². The van der Waals surface area contributed by atoms with E-state index in [9.17, 15) is 4.39 Å². The molecule has 0 saturated carbocycles. The van der Waals surface area contributed by atoms with Crippen LogP contribution in [0, 0.1) is 5.82 Å². The molecule has 1 N–H and O–H groups in total. The third-order valence-corrected chi connectivity index (χ3v) is 4.04. The third kappa shape index (κ3) is 2.87. The first kappa shape index (κ1) is 14.3. The topological polar surface area (TPSA) is 25.2 Å². The molecule has 0 fully saturated rings. The van der Waals surface area contributed by atoms with Gasteiger partial charge in [0.2, 0.25) is 0 Å². The Morgan fingerprint density at radius 2 is 1.95 bits per heavy atom. The van der Waals surface area contributed by atoms with Crippen molar-refractivity contribution in [1.29, 1.82) is 0 Å². The summed E-state index contributed by atoms with van der Waals surface area (Å²) in [4.78, 5) is 0. The third-order valence-electron chi connectivity index (χ3n) is 3.41. The Bertz CT molecular complexity index is 751. The molecular weight excluding hydrogens is 333 g/mol. The highest BCUT2D eigenvalue weighted by atomic mass is 79.9. The minimum absolute atomic E-state index is 0.0881. The molecule has 21 heavy (non-hydrogen) atoms. The summed E-state index contributed by atoms with van der Waals surface area (Å²) in [6, 6.07) is 14.4. The van der Waals surface area contributed by atoms with E-state index in [1.807, 2.05) is 31.2 Å². The lowest BCUT2D eigenvalue weighted by atomic mass is 10.0. The van der Waals surface area contributed by atoms with E-state index in [1.165, 1.54) is 12.1 Å². The van der Waals surface area contributed by atoms with Gasteiger partial charge in [-0.25, -0.2) is 4.39 Å². The summed E-state index contributed by atoms with van der Waals surface area (Å²) in [7, 11) is 0. The Morgan fingerprint density at radius 3 is 2.62 bits per heavy atom. The van der Waals surface area contributed by atoms with Gasteiger partial charge in [0.1, 0.15) is 17.2 Å². The molecule has 0 saturated heterocycles. The molecular formula is C17H15BrFNO. The molecule has 0 aliphatic carbocycles. The number of hydrogen-bond donors (Lipinski definition) is 1. The molecule has 0 aliphatic rings.